The van der Waals surface area contributed by atoms with Crippen LogP contribution in [0.5, 0.6) is 0 Å². The molecule has 3 aliphatic rings. The molecule has 1 aliphatic carbocycles. The highest BCUT2D eigenvalue weighted by molar-refractivity contribution is 7.88. The Bertz CT molecular complexity index is 1060. The zero-order chi connectivity index (χ0) is 24.6. The van der Waals surface area contributed by atoms with Gasteiger partial charge in [-0.3, -0.25) is 9.59 Å². The number of carbonyl (C=O) groups is 2. The van der Waals surface area contributed by atoms with Crippen LogP contribution in [0.1, 0.15) is 39.2 Å². The Labute approximate surface area is 203 Å². The lowest BCUT2D eigenvalue weighted by molar-refractivity contribution is -0.179. The molecule has 1 N–H and O–H groups in total. The number of esters is 1. The number of nitrogens with zero attached hydrogens (tertiary/aromatic N) is 1. The molecule has 1 unspecified atom stereocenters. The lowest BCUT2D eigenvalue weighted by Crippen LogP contribution is -2.72. The van der Waals surface area contributed by atoms with Gasteiger partial charge < -0.3 is 14.2 Å². The Morgan fingerprint density at radius 1 is 1.18 bits per heavy atom. The van der Waals surface area contributed by atoms with Crippen LogP contribution in [0.3, 0.4) is 0 Å². The summed E-state index contributed by atoms with van der Waals surface area (Å²) < 4.78 is 36.3. The first-order chi connectivity index (χ1) is 16.1. The quantitative estimate of drug-likeness (QED) is 0.478. The van der Waals surface area contributed by atoms with Gasteiger partial charge in [-0.05, 0) is 50.2 Å². The third kappa shape index (κ3) is 4.85. The van der Waals surface area contributed by atoms with Crippen molar-refractivity contribution in [2.24, 2.45) is 5.92 Å². The minimum absolute atomic E-state index is 0.0129. The van der Waals surface area contributed by atoms with E-state index in [2.05, 4.69) is 4.72 Å². The zero-order valence-corrected chi connectivity index (χ0v) is 20.7. The molecule has 5 rings (SSSR count). The fourth-order valence-corrected chi connectivity index (χ4v) is 6.07. The number of hydrogen-bond donors (Lipinski definition) is 1. The first-order valence-electron chi connectivity index (χ1n) is 11.5. The van der Waals surface area contributed by atoms with Gasteiger partial charge in [-0.1, -0.05) is 48.5 Å². The van der Waals surface area contributed by atoms with E-state index in [4.69, 9.17) is 4.74 Å². The normalized spacial score (nSPS) is 24.8. The molecule has 2 heterocycles. The van der Waals surface area contributed by atoms with Crippen molar-refractivity contribution in [3.8, 4) is 11.1 Å². The van der Waals surface area contributed by atoms with E-state index in [-0.39, 0.29) is 36.1 Å². The van der Waals surface area contributed by atoms with Gasteiger partial charge in [0, 0.05) is 29.9 Å². The maximum absolute atomic E-state index is 15.7. The standard InChI is InChI=1S/C26H31FN2O4S/c1-16(30)33-26(2,3)25(31)29-20-13-19(14-20)24(28-34(4)32)22(29)15-18-11-8-12-21(23(18)27)17-9-6-5-7-10-17/h5-12,19-20,22,24,28H,13-15H2,1-4H3/t19?,20?,22-,24-,34?/m0/s1. The number of ether oxygens (including phenoxy) is 1. The summed E-state index contributed by atoms with van der Waals surface area (Å²) in [6.07, 6.45) is 3.38. The summed E-state index contributed by atoms with van der Waals surface area (Å²) in [7, 11) is 0. The fourth-order valence-electron chi connectivity index (χ4n) is 5.33. The van der Waals surface area contributed by atoms with Crippen LogP contribution in [0.15, 0.2) is 48.5 Å². The number of nitrogens with one attached hydrogen (secondary N) is 1. The molecule has 2 bridgehead atoms. The van der Waals surface area contributed by atoms with E-state index >= 15 is 4.39 Å². The second-order valence-electron chi connectivity index (χ2n) is 9.72. The van der Waals surface area contributed by atoms with Gasteiger partial charge in [0.05, 0.1) is 12.1 Å². The molecule has 6 nitrogen and oxygen atoms in total. The van der Waals surface area contributed by atoms with Gasteiger partial charge in [0.15, 0.2) is 5.60 Å². The number of rotatable bonds is 7. The zero-order valence-electron chi connectivity index (χ0n) is 19.9. The molecule has 1 saturated carbocycles. The lowest BCUT2D eigenvalue weighted by Gasteiger charge is -2.58. The monoisotopic (exact) mass is 486 g/mol. The molecule has 0 spiro atoms. The van der Waals surface area contributed by atoms with E-state index in [1.807, 2.05) is 36.4 Å². The van der Waals surface area contributed by atoms with Crippen LogP contribution in [0.2, 0.25) is 0 Å². The molecular weight excluding hydrogens is 455 g/mol. The number of benzene rings is 2. The van der Waals surface area contributed by atoms with Crippen molar-refractivity contribution >= 4 is 23.2 Å². The highest BCUT2D eigenvalue weighted by Gasteiger charge is 2.56. The van der Waals surface area contributed by atoms with E-state index in [0.29, 0.717) is 11.1 Å². The Hall–Kier alpha value is -2.42. The number of amides is 1. The summed E-state index contributed by atoms with van der Waals surface area (Å²) in [5.41, 5.74) is 0.416. The average molecular weight is 487 g/mol. The maximum atomic E-state index is 15.7. The SMILES string of the molecule is CC(=O)OC(C)(C)C(=O)N1C2CC(C2)[C@H](N[S+](C)[O-])[C@@H]1Cc1cccc(-c2ccccc2)c1F. The third-order valence-electron chi connectivity index (χ3n) is 6.87. The van der Waals surface area contributed by atoms with Crippen LogP contribution in [-0.2, 0) is 32.1 Å². The number of hydrogen-bond acceptors (Lipinski definition) is 5. The molecule has 34 heavy (non-hydrogen) atoms. The summed E-state index contributed by atoms with van der Waals surface area (Å²) in [5, 5.41) is 0. The molecule has 2 aromatic rings. The minimum atomic E-state index is -1.35. The molecule has 182 valence electrons. The molecule has 3 fully saturated rings. The Balaban J connectivity index is 1.70. The van der Waals surface area contributed by atoms with Crippen molar-refractivity contribution in [3.63, 3.8) is 0 Å². The first-order valence-corrected chi connectivity index (χ1v) is 13.1. The van der Waals surface area contributed by atoms with E-state index in [0.717, 1.165) is 18.4 Å². The molecule has 8 heteroatoms. The topological polar surface area (TPSA) is 81.7 Å². The number of carbonyl (C=O) groups excluding carboxylic acids is 2. The lowest BCUT2D eigenvalue weighted by atomic mass is 9.66. The Kier molecular flexibility index (Phi) is 7.03. The summed E-state index contributed by atoms with van der Waals surface area (Å²) in [6.45, 7) is 4.43. The molecular formula is C26H31FN2O4S. The number of fused-ring (bicyclic) bond motifs is 2. The van der Waals surface area contributed by atoms with Gasteiger partial charge in [0.25, 0.3) is 5.91 Å². The fraction of sp³-hybridized carbons (Fsp3) is 0.462. The van der Waals surface area contributed by atoms with Crippen LogP contribution in [0, 0.1) is 11.7 Å². The smallest absolute Gasteiger partial charge is 0.303 e. The van der Waals surface area contributed by atoms with Crippen molar-refractivity contribution in [2.75, 3.05) is 6.26 Å². The highest BCUT2D eigenvalue weighted by atomic mass is 32.2. The van der Waals surface area contributed by atoms with Gasteiger partial charge in [-0.2, -0.15) is 0 Å². The van der Waals surface area contributed by atoms with E-state index in [9.17, 15) is 14.1 Å². The largest absolute Gasteiger partial charge is 0.598 e. The predicted molar refractivity (Wildman–Crippen MR) is 130 cm³/mol. The van der Waals surface area contributed by atoms with Crippen LogP contribution in [-0.4, -0.2) is 51.3 Å². The first kappa shape index (κ1) is 24.7. The molecule has 2 aliphatic heterocycles. The van der Waals surface area contributed by atoms with Crippen LogP contribution in [0.4, 0.5) is 4.39 Å². The van der Waals surface area contributed by atoms with Gasteiger partial charge in [0.1, 0.15) is 12.1 Å². The summed E-state index contributed by atoms with van der Waals surface area (Å²) in [5.74, 6) is -0.926. The summed E-state index contributed by atoms with van der Waals surface area (Å²) in [4.78, 5) is 27.0. The molecule has 0 radical (unpaired) electrons. The third-order valence-corrected chi connectivity index (χ3v) is 7.47. The second kappa shape index (κ2) is 9.68. The Morgan fingerprint density at radius 3 is 2.47 bits per heavy atom. The van der Waals surface area contributed by atoms with Crippen molar-refractivity contribution in [1.29, 1.82) is 0 Å². The van der Waals surface area contributed by atoms with E-state index in [1.54, 1.807) is 37.1 Å². The van der Waals surface area contributed by atoms with E-state index in [1.165, 1.54) is 6.92 Å². The molecule has 1 amide bonds. The van der Waals surface area contributed by atoms with Crippen LogP contribution < -0.4 is 4.72 Å². The van der Waals surface area contributed by atoms with Gasteiger partial charge in [-0.25, -0.2) is 4.39 Å². The van der Waals surface area contributed by atoms with Gasteiger partial charge >= 0.3 is 5.97 Å². The van der Waals surface area contributed by atoms with Crippen molar-refractivity contribution in [3.05, 3.63) is 59.9 Å². The summed E-state index contributed by atoms with van der Waals surface area (Å²) in [6, 6.07) is 13.9. The minimum Gasteiger partial charge on any atom is -0.598 e. The molecule has 3 atom stereocenters. The highest BCUT2D eigenvalue weighted by Crippen LogP contribution is 2.45. The van der Waals surface area contributed by atoms with Crippen molar-refractivity contribution < 1.29 is 23.3 Å². The predicted octanol–water partition coefficient (Wildman–Crippen LogP) is 3.62. The van der Waals surface area contributed by atoms with Gasteiger partial charge in [-0.15, -0.1) is 4.72 Å². The number of halogens is 1. The van der Waals surface area contributed by atoms with Crippen molar-refractivity contribution in [2.45, 2.75) is 63.8 Å². The van der Waals surface area contributed by atoms with Crippen LogP contribution >= 0.6 is 0 Å². The molecule has 2 saturated heterocycles. The molecule has 0 aromatic heterocycles. The average Bonchev–Trinajstić information content (AvgIpc) is 2.74. The molecule has 2 aromatic carbocycles. The Morgan fingerprint density at radius 2 is 1.85 bits per heavy atom. The second-order valence-corrected chi connectivity index (χ2v) is 10.9. The van der Waals surface area contributed by atoms with Crippen LogP contribution in [0.25, 0.3) is 11.1 Å². The summed E-state index contributed by atoms with van der Waals surface area (Å²) >= 11 is -1.30. The van der Waals surface area contributed by atoms with Gasteiger partial charge in [0.2, 0.25) is 0 Å². The maximum Gasteiger partial charge on any atom is 0.303 e. The number of piperidine rings is 2. The van der Waals surface area contributed by atoms with E-state index < -0.39 is 29.0 Å². The van der Waals surface area contributed by atoms with Crippen molar-refractivity contribution in [1.82, 2.24) is 9.62 Å².